The molecule has 0 aromatic carbocycles. The molecule has 9 nitrogen and oxygen atoms in total. The van der Waals surface area contributed by atoms with E-state index >= 15 is 0 Å². The standard InChI is InChI=1S/C22H42O7S.2H3N/c1-7-17(8-2)13-11-15(5)19(20(23)24)22(21(25)26,30(27,28)29)16(6)12-14-18(9-3)10-4;;/h15-19H,7-14H2,1-6H3,(H,23,24)(H,25,26)(H,27,28,29);2*1H3. The van der Waals surface area contributed by atoms with Gasteiger partial charge in [-0.15, -0.1) is 0 Å². The van der Waals surface area contributed by atoms with Crippen molar-refractivity contribution in [2.24, 2.45) is 29.6 Å². The summed E-state index contributed by atoms with van der Waals surface area (Å²) in [7, 11) is -5.21. The molecule has 0 aromatic rings. The lowest BCUT2D eigenvalue weighted by Crippen LogP contribution is -2.61. The van der Waals surface area contributed by atoms with E-state index in [0.29, 0.717) is 25.2 Å². The topological polar surface area (TPSA) is 199 Å². The molecule has 0 aliphatic heterocycles. The Kier molecular flexibility index (Phi) is 17.2. The summed E-state index contributed by atoms with van der Waals surface area (Å²) in [5, 5.41) is 20.0. The van der Waals surface area contributed by atoms with Gasteiger partial charge in [0.05, 0.1) is 5.92 Å². The number of carboxylic acid groups (broad SMARTS) is 2. The van der Waals surface area contributed by atoms with E-state index in [2.05, 4.69) is 0 Å². The van der Waals surface area contributed by atoms with Gasteiger partial charge in [-0.1, -0.05) is 80.1 Å². The van der Waals surface area contributed by atoms with Crippen molar-refractivity contribution in [3.63, 3.8) is 0 Å². The van der Waals surface area contributed by atoms with Crippen molar-refractivity contribution in [1.82, 2.24) is 12.3 Å². The Balaban J connectivity index is -0.00000420. The lowest BCUT2D eigenvalue weighted by atomic mass is 9.71. The Hall–Kier alpha value is -1.23. The molecule has 0 aliphatic carbocycles. The molecule has 0 saturated heterocycles. The fourth-order valence-corrected chi connectivity index (χ4v) is 6.29. The van der Waals surface area contributed by atoms with Crippen molar-refractivity contribution in [1.29, 1.82) is 0 Å². The molecule has 0 radical (unpaired) electrons. The second kappa shape index (κ2) is 15.6. The molecular weight excluding hydrogens is 436 g/mol. The predicted molar refractivity (Wildman–Crippen MR) is 128 cm³/mol. The summed E-state index contributed by atoms with van der Waals surface area (Å²) in [6.45, 7) is 11.1. The van der Waals surface area contributed by atoms with Crippen LogP contribution in [-0.2, 0) is 19.7 Å². The minimum atomic E-state index is -5.21. The van der Waals surface area contributed by atoms with Gasteiger partial charge in [-0.05, 0) is 36.5 Å². The maximum atomic E-state index is 12.5. The van der Waals surface area contributed by atoms with Gasteiger partial charge in [0.1, 0.15) is 0 Å². The van der Waals surface area contributed by atoms with Gasteiger partial charge in [0.25, 0.3) is 10.1 Å². The predicted octanol–water partition coefficient (Wildman–Crippen LogP) is 5.43. The minimum absolute atomic E-state index is 0. The molecule has 0 rings (SSSR count). The van der Waals surface area contributed by atoms with Gasteiger partial charge in [-0.25, -0.2) is 0 Å². The number of hydrogen-bond donors (Lipinski definition) is 5. The number of aliphatic carboxylic acids is 2. The van der Waals surface area contributed by atoms with Crippen molar-refractivity contribution in [2.45, 2.75) is 97.7 Å². The Bertz CT molecular complexity index is 649. The molecule has 0 bridgehead atoms. The number of rotatable bonds is 16. The van der Waals surface area contributed by atoms with Crippen LogP contribution in [0.2, 0.25) is 0 Å². The fourth-order valence-electron chi connectivity index (χ4n) is 4.78. The first kappa shape index (κ1) is 35.4. The molecule has 10 heteroatoms. The Labute approximate surface area is 194 Å². The van der Waals surface area contributed by atoms with Gasteiger partial charge in [0.15, 0.2) is 0 Å². The highest BCUT2D eigenvalue weighted by Gasteiger charge is 2.63. The summed E-state index contributed by atoms with van der Waals surface area (Å²) < 4.78 is 32.4. The molecule has 0 spiro atoms. The van der Waals surface area contributed by atoms with Crippen molar-refractivity contribution in [2.75, 3.05) is 0 Å². The molecular formula is C22H48N2O7S. The van der Waals surface area contributed by atoms with Crippen LogP contribution in [0.5, 0.6) is 0 Å². The van der Waals surface area contributed by atoms with Crippen molar-refractivity contribution in [3.8, 4) is 0 Å². The summed E-state index contributed by atoms with van der Waals surface area (Å²) >= 11 is 0. The first-order chi connectivity index (χ1) is 13.8. The Morgan fingerprint density at radius 1 is 0.781 bits per heavy atom. The number of hydrogen-bond acceptors (Lipinski definition) is 6. The molecule has 4 atom stereocenters. The molecule has 32 heavy (non-hydrogen) atoms. The second-order valence-corrected chi connectivity index (χ2v) is 10.4. The quantitative estimate of drug-likeness (QED) is 0.177. The van der Waals surface area contributed by atoms with Gasteiger partial charge in [-0.2, -0.15) is 8.42 Å². The number of carbonyl (C=O) groups is 2. The highest BCUT2D eigenvalue weighted by atomic mass is 32.2. The van der Waals surface area contributed by atoms with Crippen LogP contribution in [0.25, 0.3) is 0 Å². The van der Waals surface area contributed by atoms with E-state index in [-0.39, 0.29) is 24.6 Å². The third-order valence-electron chi connectivity index (χ3n) is 7.14. The lowest BCUT2D eigenvalue weighted by Gasteiger charge is -2.40. The van der Waals surface area contributed by atoms with Gasteiger partial charge < -0.3 is 22.5 Å². The van der Waals surface area contributed by atoms with Crippen molar-refractivity contribution in [3.05, 3.63) is 0 Å². The van der Waals surface area contributed by atoms with Crippen LogP contribution in [0.4, 0.5) is 0 Å². The summed E-state index contributed by atoms with van der Waals surface area (Å²) in [4.78, 5) is 24.6. The molecule has 0 aromatic heterocycles. The SMILES string of the molecule is CCC(CC)CCC(C)C(C(=O)O)C(C(=O)O)(C(C)CCC(CC)CC)S(=O)(=O)O.N.N. The zero-order valence-electron chi connectivity index (χ0n) is 20.8. The average molecular weight is 485 g/mol. The molecule has 0 fully saturated rings. The van der Waals surface area contributed by atoms with E-state index in [9.17, 15) is 32.8 Å². The first-order valence-corrected chi connectivity index (χ1v) is 12.7. The molecule has 4 unspecified atom stereocenters. The largest absolute Gasteiger partial charge is 0.481 e. The van der Waals surface area contributed by atoms with Crippen LogP contribution >= 0.6 is 0 Å². The summed E-state index contributed by atoms with van der Waals surface area (Å²) in [5.41, 5.74) is 0. The molecule has 0 aliphatic rings. The Morgan fingerprint density at radius 2 is 1.16 bits per heavy atom. The highest BCUT2D eigenvalue weighted by molar-refractivity contribution is 7.88. The van der Waals surface area contributed by atoms with E-state index in [1.165, 1.54) is 6.92 Å². The van der Waals surface area contributed by atoms with Gasteiger partial charge in [0.2, 0.25) is 4.75 Å². The highest BCUT2D eigenvalue weighted by Crippen LogP contribution is 2.43. The Morgan fingerprint density at radius 3 is 1.44 bits per heavy atom. The maximum absolute atomic E-state index is 12.5. The molecule has 194 valence electrons. The fraction of sp³-hybridized carbons (Fsp3) is 0.909. The minimum Gasteiger partial charge on any atom is -0.481 e. The zero-order valence-corrected chi connectivity index (χ0v) is 21.7. The van der Waals surface area contributed by atoms with E-state index in [4.69, 9.17) is 0 Å². The second-order valence-electron chi connectivity index (χ2n) is 8.79. The summed E-state index contributed by atoms with van der Waals surface area (Å²) in [6, 6.07) is 0. The van der Waals surface area contributed by atoms with Crippen LogP contribution in [0, 0.1) is 29.6 Å². The molecule has 0 heterocycles. The van der Waals surface area contributed by atoms with Gasteiger partial charge >= 0.3 is 11.9 Å². The van der Waals surface area contributed by atoms with Crippen molar-refractivity contribution >= 4 is 22.1 Å². The van der Waals surface area contributed by atoms with E-state index in [0.717, 1.165) is 25.7 Å². The smallest absolute Gasteiger partial charge is 0.328 e. The third kappa shape index (κ3) is 8.28. The monoisotopic (exact) mass is 484 g/mol. The van der Waals surface area contributed by atoms with Crippen LogP contribution in [0.15, 0.2) is 0 Å². The summed E-state index contributed by atoms with van der Waals surface area (Å²) in [5.74, 6) is -6.16. The van der Waals surface area contributed by atoms with Gasteiger partial charge in [-0.3, -0.25) is 14.1 Å². The lowest BCUT2D eigenvalue weighted by molar-refractivity contribution is -0.156. The maximum Gasteiger partial charge on any atom is 0.328 e. The van der Waals surface area contributed by atoms with Crippen LogP contribution < -0.4 is 12.3 Å². The molecule has 0 amide bonds. The third-order valence-corrected chi connectivity index (χ3v) is 8.82. The summed E-state index contributed by atoms with van der Waals surface area (Å²) in [6.07, 6.45) is 5.40. The van der Waals surface area contributed by atoms with E-state index in [1.54, 1.807) is 6.92 Å². The van der Waals surface area contributed by atoms with Crippen LogP contribution in [0.3, 0.4) is 0 Å². The van der Waals surface area contributed by atoms with Crippen molar-refractivity contribution < 1.29 is 32.8 Å². The zero-order chi connectivity index (χ0) is 23.7. The van der Waals surface area contributed by atoms with E-state index in [1.807, 2.05) is 27.7 Å². The van der Waals surface area contributed by atoms with Gasteiger partial charge in [0, 0.05) is 0 Å². The number of carboxylic acids is 2. The molecule has 0 saturated carbocycles. The molecule has 9 N–H and O–H groups in total. The average Bonchev–Trinajstić information content (AvgIpc) is 2.65. The van der Waals surface area contributed by atoms with Crippen LogP contribution in [-0.4, -0.2) is 39.9 Å². The first-order valence-electron chi connectivity index (χ1n) is 11.3. The van der Waals surface area contributed by atoms with Crippen LogP contribution in [0.1, 0.15) is 92.9 Å². The normalized spacial score (nSPS) is 16.4. The van der Waals surface area contributed by atoms with E-state index < -0.39 is 44.6 Å².